The fraction of sp³-hybridized carbons (Fsp3) is 0.680. The molecule has 6 nitrogen and oxygen atoms in total. The molecule has 2 amide bonds. The van der Waals surface area contributed by atoms with Gasteiger partial charge in [0.15, 0.2) is 0 Å². The summed E-state index contributed by atoms with van der Waals surface area (Å²) in [6, 6.07) is 8.97. The van der Waals surface area contributed by atoms with Crippen LogP contribution in [0.5, 0.6) is 0 Å². The maximum absolute atomic E-state index is 13.0. The van der Waals surface area contributed by atoms with Crippen molar-refractivity contribution in [3.05, 3.63) is 35.9 Å². The molecule has 0 heterocycles. The number of amides is 2. The van der Waals surface area contributed by atoms with Gasteiger partial charge in [-0.25, -0.2) is 4.79 Å². The number of carbonyl (C=O) groups is 2. The van der Waals surface area contributed by atoms with Gasteiger partial charge in [0.25, 0.3) is 0 Å². The topological polar surface area (TPSA) is 87.7 Å². The van der Waals surface area contributed by atoms with Crippen molar-refractivity contribution in [2.24, 2.45) is 11.8 Å². The van der Waals surface area contributed by atoms with Crippen LogP contribution in [0.3, 0.4) is 0 Å². The van der Waals surface area contributed by atoms with Crippen LogP contribution >= 0.6 is 0 Å². The molecule has 0 bridgehead atoms. The van der Waals surface area contributed by atoms with E-state index < -0.39 is 29.8 Å². The predicted molar refractivity (Wildman–Crippen MR) is 125 cm³/mol. The first kappa shape index (κ1) is 27.0. The quantitative estimate of drug-likeness (QED) is 0.474. The number of hydrogen-bond donors (Lipinski definition) is 3. The van der Waals surface area contributed by atoms with Crippen LogP contribution < -0.4 is 10.6 Å². The van der Waals surface area contributed by atoms with Crippen molar-refractivity contribution in [2.45, 2.75) is 91.4 Å². The highest BCUT2D eigenvalue weighted by atomic mass is 16.6. The maximum Gasteiger partial charge on any atom is 0.407 e. The van der Waals surface area contributed by atoms with E-state index in [0.29, 0.717) is 18.9 Å². The first-order valence-corrected chi connectivity index (χ1v) is 11.4. The molecule has 3 unspecified atom stereocenters. The minimum atomic E-state index is -0.893. The zero-order valence-corrected chi connectivity index (χ0v) is 20.3. The maximum atomic E-state index is 13.0. The summed E-state index contributed by atoms with van der Waals surface area (Å²) in [6.07, 6.45) is 0.235. The summed E-state index contributed by atoms with van der Waals surface area (Å²) >= 11 is 0. The fourth-order valence-electron chi connectivity index (χ4n) is 3.37. The van der Waals surface area contributed by atoms with E-state index in [1.165, 1.54) is 0 Å². The summed E-state index contributed by atoms with van der Waals surface area (Å²) in [5, 5.41) is 16.9. The van der Waals surface area contributed by atoms with Crippen LogP contribution in [0.1, 0.15) is 79.2 Å². The molecule has 0 aliphatic carbocycles. The Kier molecular flexibility index (Phi) is 11.0. The standard InChI is InChI=1S/C25H42N2O4/c1-17(2)13-14-26-23(29)20(19-11-9-8-10-12-19)16-22(28)21(15-18(3)4)27-24(30)31-25(5,6)7/h8-12,17-18,20-22,28H,13-16H2,1-7H3,(H,26,29)(H,27,30). The fourth-order valence-corrected chi connectivity index (χ4v) is 3.37. The van der Waals surface area contributed by atoms with Gasteiger partial charge in [0.1, 0.15) is 5.60 Å². The van der Waals surface area contributed by atoms with Gasteiger partial charge in [0, 0.05) is 6.54 Å². The number of aliphatic hydroxyl groups excluding tert-OH is 1. The third-order valence-electron chi connectivity index (χ3n) is 4.91. The Labute approximate surface area is 188 Å². The lowest BCUT2D eigenvalue weighted by molar-refractivity contribution is -0.123. The van der Waals surface area contributed by atoms with E-state index in [1.807, 2.05) is 44.2 Å². The van der Waals surface area contributed by atoms with Crippen molar-refractivity contribution in [3.8, 4) is 0 Å². The molecule has 3 N–H and O–H groups in total. The lowest BCUT2D eigenvalue weighted by Gasteiger charge is -2.30. The van der Waals surface area contributed by atoms with E-state index >= 15 is 0 Å². The molecule has 1 aromatic rings. The Hall–Kier alpha value is -2.08. The molecule has 1 rings (SSSR count). The molecule has 0 aromatic heterocycles. The average molecular weight is 435 g/mol. The molecule has 1 aromatic carbocycles. The van der Waals surface area contributed by atoms with Crippen molar-refractivity contribution in [1.29, 1.82) is 0 Å². The molecule has 0 radical (unpaired) electrons. The van der Waals surface area contributed by atoms with Gasteiger partial charge in [-0.15, -0.1) is 0 Å². The van der Waals surface area contributed by atoms with E-state index in [-0.39, 0.29) is 18.2 Å². The van der Waals surface area contributed by atoms with Gasteiger partial charge in [-0.2, -0.15) is 0 Å². The number of hydrogen-bond acceptors (Lipinski definition) is 4. The molecular weight excluding hydrogens is 392 g/mol. The van der Waals surface area contributed by atoms with E-state index in [4.69, 9.17) is 4.74 Å². The van der Waals surface area contributed by atoms with Crippen molar-refractivity contribution >= 4 is 12.0 Å². The summed E-state index contributed by atoms with van der Waals surface area (Å²) in [5.74, 6) is 0.143. The molecule has 31 heavy (non-hydrogen) atoms. The highest BCUT2D eigenvalue weighted by Gasteiger charge is 2.30. The number of ether oxygens (including phenoxy) is 1. The first-order chi connectivity index (χ1) is 14.4. The summed E-state index contributed by atoms with van der Waals surface area (Å²) in [6.45, 7) is 14.3. The average Bonchev–Trinajstić information content (AvgIpc) is 2.63. The monoisotopic (exact) mass is 434 g/mol. The van der Waals surface area contributed by atoms with Gasteiger partial charge >= 0.3 is 6.09 Å². The van der Waals surface area contributed by atoms with Gasteiger partial charge in [-0.1, -0.05) is 58.0 Å². The van der Waals surface area contributed by atoms with Gasteiger partial charge in [0.05, 0.1) is 18.1 Å². The van der Waals surface area contributed by atoms with Crippen LogP contribution in [-0.2, 0) is 9.53 Å². The third-order valence-corrected chi connectivity index (χ3v) is 4.91. The van der Waals surface area contributed by atoms with E-state index in [1.54, 1.807) is 20.8 Å². The normalized spacial score (nSPS) is 14.8. The molecule has 6 heteroatoms. The van der Waals surface area contributed by atoms with Crippen LogP contribution in [0.4, 0.5) is 4.79 Å². The zero-order chi connectivity index (χ0) is 23.6. The second-order valence-electron chi connectivity index (χ2n) is 10.1. The van der Waals surface area contributed by atoms with Crippen LogP contribution in [-0.4, -0.2) is 41.4 Å². The largest absolute Gasteiger partial charge is 0.444 e. The summed E-state index contributed by atoms with van der Waals surface area (Å²) in [4.78, 5) is 25.3. The number of alkyl carbamates (subject to hydrolysis) is 1. The van der Waals surface area contributed by atoms with Crippen LogP contribution in [0.15, 0.2) is 30.3 Å². The van der Waals surface area contributed by atoms with Crippen molar-refractivity contribution in [3.63, 3.8) is 0 Å². The highest BCUT2D eigenvalue weighted by molar-refractivity contribution is 5.83. The molecule has 0 aliphatic heterocycles. The molecule has 0 saturated carbocycles. The Morgan fingerprint density at radius 3 is 2.13 bits per heavy atom. The number of aliphatic hydroxyl groups is 1. The Bertz CT molecular complexity index is 668. The van der Waals surface area contributed by atoms with Crippen molar-refractivity contribution in [1.82, 2.24) is 10.6 Å². The number of nitrogens with one attached hydrogen (secondary N) is 2. The summed E-state index contributed by atoms with van der Waals surface area (Å²) in [5.41, 5.74) is 0.226. The van der Waals surface area contributed by atoms with E-state index in [9.17, 15) is 14.7 Å². The Morgan fingerprint density at radius 2 is 1.61 bits per heavy atom. The predicted octanol–water partition coefficient (Wildman–Crippen LogP) is 4.62. The van der Waals surface area contributed by atoms with Crippen LogP contribution in [0.2, 0.25) is 0 Å². The van der Waals surface area contributed by atoms with Gasteiger partial charge in [0.2, 0.25) is 5.91 Å². The molecule has 3 atom stereocenters. The van der Waals surface area contributed by atoms with Gasteiger partial charge < -0.3 is 20.5 Å². The molecule has 0 spiro atoms. The number of carbonyl (C=O) groups excluding carboxylic acids is 2. The molecular formula is C25H42N2O4. The van der Waals surface area contributed by atoms with Crippen LogP contribution in [0.25, 0.3) is 0 Å². The molecule has 176 valence electrons. The molecule has 0 aliphatic rings. The second-order valence-corrected chi connectivity index (χ2v) is 10.1. The Morgan fingerprint density at radius 1 is 1.00 bits per heavy atom. The first-order valence-electron chi connectivity index (χ1n) is 11.4. The van der Waals surface area contributed by atoms with Crippen LogP contribution in [0, 0.1) is 11.8 Å². The number of rotatable bonds is 11. The Balaban J connectivity index is 2.96. The lowest BCUT2D eigenvalue weighted by Crippen LogP contribution is -2.47. The van der Waals surface area contributed by atoms with Gasteiger partial charge in [-0.3, -0.25) is 4.79 Å². The van der Waals surface area contributed by atoms with Crippen molar-refractivity contribution < 1.29 is 19.4 Å². The minimum absolute atomic E-state index is 0.105. The summed E-state index contributed by atoms with van der Waals surface area (Å²) in [7, 11) is 0. The highest BCUT2D eigenvalue weighted by Crippen LogP contribution is 2.25. The molecule has 0 fully saturated rings. The minimum Gasteiger partial charge on any atom is -0.444 e. The summed E-state index contributed by atoms with van der Waals surface area (Å²) < 4.78 is 5.37. The van der Waals surface area contributed by atoms with E-state index in [2.05, 4.69) is 24.5 Å². The van der Waals surface area contributed by atoms with Crippen molar-refractivity contribution in [2.75, 3.05) is 6.54 Å². The lowest BCUT2D eigenvalue weighted by atomic mass is 9.87. The second kappa shape index (κ2) is 12.7. The van der Waals surface area contributed by atoms with E-state index in [0.717, 1.165) is 12.0 Å². The smallest absolute Gasteiger partial charge is 0.407 e. The zero-order valence-electron chi connectivity index (χ0n) is 20.3. The van der Waals surface area contributed by atoms with Gasteiger partial charge in [-0.05, 0) is 57.4 Å². The SMILES string of the molecule is CC(C)CCNC(=O)C(CC(O)C(CC(C)C)NC(=O)OC(C)(C)C)c1ccccc1. The molecule has 0 saturated heterocycles. The third kappa shape index (κ3) is 11.2. The number of benzene rings is 1.